The van der Waals surface area contributed by atoms with Crippen molar-refractivity contribution in [2.24, 2.45) is 0 Å². The van der Waals surface area contributed by atoms with Crippen LogP contribution >= 0.6 is 0 Å². The predicted octanol–water partition coefficient (Wildman–Crippen LogP) is 1.79. The maximum absolute atomic E-state index is 9.12. The third kappa shape index (κ3) is 3.87. The Balaban J connectivity index is 1.52. The smallest absolute Gasteiger partial charge is 0.246 e. The lowest BCUT2D eigenvalue weighted by molar-refractivity contribution is 0.746. The van der Waals surface area contributed by atoms with Gasteiger partial charge in [-0.25, -0.2) is 0 Å². The maximum Gasteiger partial charge on any atom is 0.246 e. The number of aryl methyl sites for hydroxylation is 1. The van der Waals surface area contributed by atoms with Crippen molar-refractivity contribution in [3.05, 3.63) is 41.7 Å². The first-order valence-electron chi connectivity index (χ1n) is 7.86. The summed E-state index contributed by atoms with van der Waals surface area (Å²) < 4.78 is 0. The van der Waals surface area contributed by atoms with Crippen LogP contribution in [0.2, 0.25) is 0 Å². The fourth-order valence-electron chi connectivity index (χ4n) is 2.44. The van der Waals surface area contributed by atoms with Crippen molar-refractivity contribution < 1.29 is 0 Å². The van der Waals surface area contributed by atoms with Gasteiger partial charge in [0.15, 0.2) is 5.82 Å². The zero-order valence-corrected chi connectivity index (χ0v) is 13.8. The van der Waals surface area contributed by atoms with E-state index in [2.05, 4.69) is 36.8 Å². The number of nitrogens with one attached hydrogen (secondary N) is 3. The van der Waals surface area contributed by atoms with Crippen LogP contribution in [-0.4, -0.2) is 39.0 Å². The number of aromatic nitrogens is 5. The van der Waals surface area contributed by atoms with E-state index in [0.29, 0.717) is 23.9 Å². The molecule has 128 valence electrons. The summed E-state index contributed by atoms with van der Waals surface area (Å²) in [6, 6.07) is 11.8. The lowest BCUT2D eigenvalue weighted by Gasteiger charge is -2.15. The van der Waals surface area contributed by atoms with E-state index in [1.807, 2.05) is 42.3 Å². The topological polar surface area (TPSA) is 135 Å². The van der Waals surface area contributed by atoms with Crippen LogP contribution in [0.5, 0.6) is 0 Å². The second-order valence-corrected chi connectivity index (χ2v) is 5.57. The van der Waals surface area contributed by atoms with Gasteiger partial charge >= 0.3 is 0 Å². The lowest BCUT2D eigenvalue weighted by Crippen LogP contribution is -2.20. The third-order valence-electron chi connectivity index (χ3n) is 3.72. The molecule has 3 aromatic rings. The van der Waals surface area contributed by atoms with Crippen LogP contribution in [0.4, 0.5) is 23.3 Å². The van der Waals surface area contributed by atoms with Crippen molar-refractivity contribution in [1.82, 2.24) is 25.4 Å². The quantitative estimate of drug-likeness (QED) is 0.516. The number of rotatable bonds is 7. The first kappa shape index (κ1) is 16.3. The maximum atomic E-state index is 9.12. The number of hydrogen-bond donors (Lipinski definition) is 4. The van der Waals surface area contributed by atoms with Gasteiger partial charge in [-0.2, -0.15) is 15.3 Å². The molecule has 0 aliphatic heterocycles. The highest BCUT2D eigenvalue weighted by Crippen LogP contribution is 2.20. The summed E-state index contributed by atoms with van der Waals surface area (Å²) in [6.07, 6.45) is 1.56. The Morgan fingerprint density at radius 2 is 2.04 bits per heavy atom. The fourth-order valence-corrected chi connectivity index (χ4v) is 2.44. The van der Waals surface area contributed by atoms with Gasteiger partial charge in [-0.1, -0.05) is 18.2 Å². The Labute approximate surface area is 144 Å². The van der Waals surface area contributed by atoms with Gasteiger partial charge in [0.1, 0.15) is 23.3 Å². The number of nitriles is 1. The van der Waals surface area contributed by atoms with E-state index in [-0.39, 0.29) is 5.82 Å². The van der Waals surface area contributed by atoms with Gasteiger partial charge < -0.3 is 16.0 Å². The molecule has 2 aromatic heterocycles. The average molecular weight is 337 g/mol. The molecule has 0 saturated heterocycles. The third-order valence-corrected chi connectivity index (χ3v) is 3.72. The number of H-pyrrole nitrogens is 2. The number of anilines is 4. The van der Waals surface area contributed by atoms with Crippen molar-refractivity contribution in [2.75, 3.05) is 29.5 Å². The molecule has 0 fully saturated rings. The Morgan fingerprint density at radius 3 is 2.80 bits per heavy atom. The fraction of sp³-hybridized carbons (Fsp3) is 0.250. The number of hydrogen-bond acceptors (Lipinski definition) is 7. The molecule has 0 radical (unpaired) electrons. The van der Waals surface area contributed by atoms with E-state index in [0.717, 1.165) is 24.4 Å². The standard InChI is InChI=1S/C16H19N9/c1-25(15-12(10-17)14(18)22-23-15)9-5-8-13-20-16(24-21-13)19-11-6-3-2-4-7-11/h2-4,6-7H,5,8-9H2,1H3,(H3,18,22,23)(H2,19,20,21,24). The summed E-state index contributed by atoms with van der Waals surface area (Å²) in [4.78, 5) is 6.32. The van der Waals surface area contributed by atoms with Crippen LogP contribution in [0, 0.1) is 11.3 Å². The molecular formula is C16H19N9. The van der Waals surface area contributed by atoms with Crippen molar-refractivity contribution in [1.29, 1.82) is 5.26 Å². The van der Waals surface area contributed by atoms with E-state index < -0.39 is 0 Å². The van der Waals surface area contributed by atoms with Crippen molar-refractivity contribution in [2.45, 2.75) is 12.8 Å². The number of benzene rings is 1. The molecule has 0 bridgehead atoms. The molecule has 5 N–H and O–H groups in total. The molecule has 0 aliphatic carbocycles. The molecule has 0 aliphatic rings. The summed E-state index contributed by atoms with van der Waals surface area (Å²) in [5.74, 6) is 2.19. The highest BCUT2D eigenvalue weighted by Gasteiger charge is 2.14. The van der Waals surface area contributed by atoms with Crippen molar-refractivity contribution in [3.63, 3.8) is 0 Å². The van der Waals surface area contributed by atoms with Crippen LogP contribution in [-0.2, 0) is 6.42 Å². The summed E-state index contributed by atoms with van der Waals surface area (Å²) in [6.45, 7) is 0.709. The Bertz CT molecular complexity index is 859. The van der Waals surface area contributed by atoms with Crippen molar-refractivity contribution >= 4 is 23.3 Å². The number of aromatic amines is 2. The van der Waals surface area contributed by atoms with Crippen LogP contribution in [0.1, 0.15) is 17.8 Å². The zero-order chi connectivity index (χ0) is 17.6. The Hall–Kier alpha value is -3.54. The minimum atomic E-state index is 0.288. The molecule has 0 spiro atoms. The van der Waals surface area contributed by atoms with Crippen LogP contribution < -0.4 is 16.0 Å². The highest BCUT2D eigenvalue weighted by atomic mass is 15.3. The molecule has 1 aromatic carbocycles. The first-order chi connectivity index (χ1) is 12.2. The first-order valence-corrected chi connectivity index (χ1v) is 7.86. The predicted molar refractivity (Wildman–Crippen MR) is 95.4 cm³/mol. The van der Waals surface area contributed by atoms with Gasteiger partial charge in [-0.15, -0.1) is 5.10 Å². The highest BCUT2D eigenvalue weighted by molar-refractivity contribution is 5.63. The molecule has 0 atom stereocenters. The Kier molecular flexibility index (Phi) is 4.80. The van der Waals surface area contributed by atoms with Crippen LogP contribution in [0.3, 0.4) is 0 Å². The van der Waals surface area contributed by atoms with Gasteiger partial charge in [0.25, 0.3) is 0 Å². The van der Waals surface area contributed by atoms with Crippen molar-refractivity contribution in [3.8, 4) is 6.07 Å². The molecule has 0 amide bonds. The zero-order valence-electron chi connectivity index (χ0n) is 13.8. The lowest BCUT2D eigenvalue weighted by atomic mass is 10.2. The summed E-state index contributed by atoms with van der Waals surface area (Å²) in [5.41, 5.74) is 6.99. The monoisotopic (exact) mass is 337 g/mol. The summed E-state index contributed by atoms with van der Waals surface area (Å²) in [5, 5.41) is 26.0. The molecule has 3 rings (SSSR count). The van der Waals surface area contributed by atoms with E-state index in [1.165, 1.54) is 0 Å². The number of nitrogens with zero attached hydrogens (tertiary/aromatic N) is 5. The van der Waals surface area contributed by atoms with Gasteiger partial charge in [-0.3, -0.25) is 10.2 Å². The van der Waals surface area contributed by atoms with E-state index in [9.17, 15) is 0 Å². The molecule has 2 heterocycles. The molecule has 0 unspecified atom stereocenters. The molecule has 0 saturated carbocycles. The Morgan fingerprint density at radius 1 is 1.24 bits per heavy atom. The summed E-state index contributed by atoms with van der Waals surface area (Å²) in [7, 11) is 1.87. The van der Waals surface area contributed by atoms with Crippen LogP contribution in [0.15, 0.2) is 30.3 Å². The minimum absolute atomic E-state index is 0.288. The van der Waals surface area contributed by atoms with Gasteiger partial charge in [0.2, 0.25) is 5.95 Å². The van der Waals surface area contributed by atoms with E-state index >= 15 is 0 Å². The van der Waals surface area contributed by atoms with Gasteiger partial charge in [0, 0.05) is 25.7 Å². The van der Waals surface area contributed by atoms with Gasteiger partial charge in [-0.05, 0) is 18.6 Å². The second kappa shape index (κ2) is 7.35. The van der Waals surface area contributed by atoms with Gasteiger partial charge in [0.05, 0.1) is 0 Å². The summed E-state index contributed by atoms with van der Waals surface area (Å²) >= 11 is 0. The SMILES string of the molecule is CN(CCCc1nc(Nc2ccccc2)n[nH]1)c1n[nH]c(N)c1C#N. The normalized spacial score (nSPS) is 10.4. The largest absolute Gasteiger partial charge is 0.383 e. The number of nitrogen functional groups attached to an aromatic ring is 1. The molecule has 9 heteroatoms. The average Bonchev–Trinajstić information content (AvgIpc) is 3.22. The molecule has 25 heavy (non-hydrogen) atoms. The van der Waals surface area contributed by atoms with E-state index in [1.54, 1.807) is 0 Å². The molecular weight excluding hydrogens is 318 g/mol. The minimum Gasteiger partial charge on any atom is -0.383 e. The molecule has 9 nitrogen and oxygen atoms in total. The van der Waals surface area contributed by atoms with E-state index in [4.69, 9.17) is 11.0 Å². The number of nitrogens with two attached hydrogens (primary N) is 1. The van der Waals surface area contributed by atoms with Crippen LogP contribution in [0.25, 0.3) is 0 Å². The second-order valence-electron chi connectivity index (χ2n) is 5.57. The number of para-hydroxylation sites is 1.